The molecule has 12 amide bonds. The fourth-order valence-electron chi connectivity index (χ4n) is 12.0. The minimum absolute atomic E-state index is 0.0128. The first-order valence-electron chi connectivity index (χ1n) is 37.6. The highest BCUT2D eigenvalue weighted by molar-refractivity contribution is 8.14. The van der Waals surface area contributed by atoms with E-state index in [0.29, 0.717) is 10.6 Å². The van der Waals surface area contributed by atoms with Crippen molar-refractivity contribution < 1.29 is 91.4 Å². The molecule has 612 valence electrons. The Morgan fingerprint density at radius 1 is 0.709 bits per heavy atom. The van der Waals surface area contributed by atoms with Gasteiger partial charge in [0.25, 0.3) is 0 Å². The number of amides is 12. The fourth-order valence-corrected chi connectivity index (χ4v) is 13.2. The summed E-state index contributed by atoms with van der Waals surface area (Å²) >= 11 is 1.34. The highest BCUT2D eigenvalue weighted by Crippen LogP contribution is 2.25. The standard InChI is InChI=1S/C73H116N18O18S/c1-12-40(6)59(76)73-88-54(37-110-73)70(106)83-49(29-39(4)5)66(102)81-48(25-26-56(93)94)65(101)90-60(41(7)13-2)71(107)82-46-23-18-19-28-78-62(98)52(33-55(75)92)85-69(105)53(34-58(97)109-45(32-57(95)96)36-91(9,10)11)86-68(104)51(31-44-35-77-38-79-44)84-67(103)50(30-43-21-16-15-17-22-43)87-72(108)61(42(8)14-3)89-64(100)47(24-20-27-74)80-63(46)99/h15-17,21-22,35,38-42,45-54,59-61H,12-14,18-20,23-34,36-37,74,76H2,1-11H3,(H15-,75,77,78,79,80,81,82,83,84,85,86,87,89,90,92,93,94,95,96,98,99,100,101,102,103,104,105,106,107,108)/t40-,41-,42-,45?,46-,47+,48+,49-,50+,51-,52-,53+,54-,59-,60-,61-/m0/s1. The van der Waals surface area contributed by atoms with Crippen LogP contribution < -0.4 is 80.8 Å². The summed E-state index contributed by atoms with van der Waals surface area (Å²) in [5.74, 6) is -17.0. The van der Waals surface area contributed by atoms with Crippen LogP contribution in [-0.2, 0) is 89.5 Å². The fraction of sp³-hybridized carbons (Fsp3) is 0.658. The number of rotatable bonds is 36. The van der Waals surface area contributed by atoms with Crippen molar-refractivity contribution in [2.24, 2.45) is 45.9 Å². The molecule has 0 spiro atoms. The van der Waals surface area contributed by atoms with Crippen molar-refractivity contribution in [3.63, 3.8) is 0 Å². The van der Waals surface area contributed by atoms with E-state index in [1.165, 1.54) is 24.3 Å². The van der Waals surface area contributed by atoms with Gasteiger partial charge in [0.1, 0.15) is 73.0 Å². The number of aliphatic imine (C=N–C) groups is 1. The Bertz CT molecular complexity index is 3490. The molecule has 36 nitrogen and oxygen atoms in total. The Kier molecular flexibility index (Phi) is 38.9. The SMILES string of the molecule is CC[C@H](C)[C@H](N)C1=N[C@H](C(=O)N[C@@H](CC(C)C)C(=O)N[C@H](CCC(=O)O)C(=O)N[C@H](C(=O)N[C@H]2CCCCNC(=O)[C@H](CC(N)=O)NC(=O)[C@@H](CC(=O)OC(CC(=O)[O-])C[N+](C)(C)C)NC(=O)[C@H](Cc3cnc[nH]3)NC(=O)[C@@H](Cc3ccccc3)NC(=O)[C@H]([C@@H](C)CC)NC(=O)[C@@H](CCCN)NC2=O)[C@@H](C)CC)CS1. The highest BCUT2D eigenvalue weighted by Gasteiger charge is 2.40. The van der Waals surface area contributed by atoms with Crippen molar-refractivity contribution in [3.8, 4) is 0 Å². The number of carbonyl (C=O) groups is 15. The van der Waals surface area contributed by atoms with Crippen LogP contribution in [0.4, 0.5) is 0 Å². The third kappa shape index (κ3) is 32.1. The van der Waals surface area contributed by atoms with Crippen LogP contribution in [0, 0.1) is 23.7 Å². The van der Waals surface area contributed by atoms with Gasteiger partial charge >= 0.3 is 11.9 Å². The lowest BCUT2D eigenvalue weighted by Gasteiger charge is -2.30. The molecule has 16 atom stereocenters. The highest BCUT2D eigenvalue weighted by atomic mass is 32.2. The summed E-state index contributed by atoms with van der Waals surface area (Å²) in [5.41, 5.74) is 18.8. The van der Waals surface area contributed by atoms with Gasteiger partial charge in [-0.15, -0.1) is 11.8 Å². The number of ether oxygens (including phenoxy) is 1. The maximum atomic E-state index is 15.0. The molecule has 2 aliphatic heterocycles. The van der Waals surface area contributed by atoms with Crippen molar-refractivity contribution in [2.75, 3.05) is 46.5 Å². The zero-order valence-electron chi connectivity index (χ0n) is 64.9. The molecular formula is C73H116N18O18S. The molecule has 1 aromatic heterocycles. The van der Waals surface area contributed by atoms with Gasteiger partial charge in [0.15, 0.2) is 6.10 Å². The van der Waals surface area contributed by atoms with E-state index in [9.17, 15) is 77.3 Å². The van der Waals surface area contributed by atoms with E-state index in [2.05, 4.69) is 73.4 Å². The first-order valence-corrected chi connectivity index (χ1v) is 38.5. The third-order valence-electron chi connectivity index (χ3n) is 18.9. The minimum atomic E-state index is -2.01. The van der Waals surface area contributed by atoms with Crippen LogP contribution in [-0.4, -0.2) is 239 Å². The third-order valence-corrected chi connectivity index (χ3v) is 20.1. The quantitative estimate of drug-likeness (QED) is 0.0239. The van der Waals surface area contributed by atoms with Gasteiger partial charge < -0.3 is 105 Å². The molecule has 2 aliphatic rings. The maximum absolute atomic E-state index is 15.0. The maximum Gasteiger partial charge on any atom is 0.308 e. The van der Waals surface area contributed by atoms with Gasteiger partial charge in [-0.2, -0.15) is 0 Å². The van der Waals surface area contributed by atoms with Crippen LogP contribution in [0.5, 0.6) is 0 Å². The van der Waals surface area contributed by atoms with Crippen LogP contribution in [0.15, 0.2) is 47.8 Å². The van der Waals surface area contributed by atoms with Gasteiger partial charge in [-0.1, -0.05) is 105 Å². The molecule has 37 heteroatoms. The smallest absolute Gasteiger partial charge is 0.308 e. The first-order chi connectivity index (χ1) is 51.9. The lowest BCUT2D eigenvalue weighted by molar-refractivity contribution is -0.873. The average molecular weight is 1570 g/mol. The number of aliphatic carboxylic acids is 2. The van der Waals surface area contributed by atoms with E-state index >= 15 is 4.79 Å². The number of benzene rings is 1. The van der Waals surface area contributed by atoms with Gasteiger partial charge in [0, 0.05) is 55.8 Å². The molecule has 4 rings (SSSR count). The molecule has 0 saturated carbocycles. The zero-order chi connectivity index (χ0) is 82.1. The molecule has 1 fully saturated rings. The second kappa shape index (κ2) is 46.1. The lowest BCUT2D eigenvalue weighted by atomic mass is 9.96. The van der Waals surface area contributed by atoms with E-state index in [1.54, 1.807) is 93.0 Å². The van der Waals surface area contributed by atoms with Crippen molar-refractivity contribution >= 4 is 106 Å². The van der Waals surface area contributed by atoms with Crippen molar-refractivity contribution in [1.29, 1.82) is 0 Å². The van der Waals surface area contributed by atoms with E-state index in [0.717, 1.165) is 6.42 Å². The minimum Gasteiger partial charge on any atom is -0.550 e. The zero-order valence-corrected chi connectivity index (χ0v) is 65.7. The van der Waals surface area contributed by atoms with Crippen LogP contribution in [0.1, 0.15) is 157 Å². The second-order valence-electron chi connectivity index (χ2n) is 29.7. The molecule has 3 heterocycles. The number of hydrogen-bond donors (Lipinski definition) is 16. The number of hydrogen-bond acceptors (Lipinski definition) is 22. The predicted octanol–water partition coefficient (Wildman–Crippen LogP) is -3.00. The number of nitrogens with zero attached hydrogens (tertiary/aromatic N) is 3. The number of quaternary nitrogens is 1. The largest absolute Gasteiger partial charge is 0.550 e. The number of aromatic amines is 1. The van der Waals surface area contributed by atoms with Gasteiger partial charge in [0.2, 0.25) is 70.9 Å². The second-order valence-corrected chi connectivity index (χ2v) is 30.8. The number of likely N-dealkylation sites (N-methyl/N-ethyl adjacent to an activating group) is 1. The Morgan fingerprint density at radius 2 is 1.31 bits per heavy atom. The molecule has 0 bridgehead atoms. The van der Waals surface area contributed by atoms with Gasteiger partial charge in [-0.05, 0) is 80.7 Å². The average Bonchev–Trinajstić information content (AvgIpc) is 1.33. The summed E-state index contributed by atoms with van der Waals surface area (Å²) in [6.07, 6.45) is -2.07. The van der Waals surface area contributed by atoms with Gasteiger partial charge in [-0.25, -0.2) is 4.98 Å². The number of imidazole rings is 1. The van der Waals surface area contributed by atoms with E-state index in [1.807, 2.05) is 13.8 Å². The Hall–Kier alpha value is -9.62. The predicted molar refractivity (Wildman–Crippen MR) is 404 cm³/mol. The van der Waals surface area contributed by atoms with Crippen LogP contribution >= 0.6 is 11.8 Å². The summed E-state index contributed by atoms with van der Waals surface area (Å²) in [6, 6.07) is -8.81. The number of nitrogens with two attached hydrogens (primary N) is 3. The molecule has 110 heavy (non-hydrogen) atoms. The molecule has 19 N–H and O–H groups in total. The number of carboxylic acid groups (broad SMARTS) is 2. The summed E-state index contributed by atoms with van der Waals surface area (Å²) in [6.45, 7) is 13.9. The summed E-state index contributed by atoms with van der Waals surface area (Å²) in [7, 11) is 5.06. The van der Waals surface area contributed by atoms with Gasteiger partial charge in [0.05, 0.1) is 51.4 Å². The monoisotopic (exact) mass is 1560 g/mol. The molecule has 0 radical (unpaired) electrons. The van der Waals surface area contributed by atoms with Crippen LogP contribution in [0.2, 0.25) is 0 Å². The van der Waals surface area contributed by atoms with Crippen LogP contribution in [0.25, 0.3) is 0 Å². The number of carboxylic acids is 2. The molecule has 1 unspecified atom stereocenters. The van der Waals surface area contributed by atoms with Crippen molar-refractivity contribution in [2.45, 2.75) is 237 Å². The normalized spacial score (nSPS) is 22.5. The Balaban J connectivity index is 1.83. The van der Waals surface area contributed by atoms with E-state index in [-0.39, 0.29) is 112 Å². The topological polar surface area (TPSA) is 560 Å². The van der Waals surface area contributed by atoms with Crippen LogP contribution in [0.3, 0.4) is 0 Å². The lowest BCUT2D eigenvalue weighted by Crippen LogP contribution is -2.62. The summed E-state index contributed by atoms with van der Waals surface area (Å²) in [4.78, 5) is 223. The Labute approximate surface area is 645 Å². The molecule has 1 aromatic carbocycles. The number of thioether (sulfide) groups is 1. The van der Waals surface area contributed by atoms with Crippen molar-refractivity contribution in [3.05, 3.63) is 54.1 Å². The summed E-state index contributed by atoms with van der Waals surface area (Å²) in [5, 5.41) is 51.3. The van der Waals surface area contributed by atoms with E-state index < -0.39 is 211 Å². The van der Waals surface area contributed by atoms with Gasteiger partial charge in [-0.3, -0.25) is 72.1 Å². The number of nitrogens with one attached hydrogen (secondary N) is 12. The Morgan fingerprint density at radius 3 is 1.89 bits per heavy atom. The number of primary amides is 1. The van der Waals surface area contributed by atoms with E-state index in [4.69, 9.17) is 21.9 Å². The number of esters is 1. The molecule has 2 aromatic rings. The molecule has 1 saturated heterocycles. The number of H-pyrrole nitrogens is 1. The number of carbonyl (C=O) groups excluding carboxylic acids is 14. The summed E-state index contributed by atoms with van der Waals surface area (Å²) < 4.78 is 5.67. The number of aromatic nitrogens is 2. The first kappa shape index (κ1) is 92.8. The molecular weight excluding hydrogens is 1450 g/mol. The van der Waals surface area contributed by atoms with Crippen molar-refractivity contribution in [1.82, 2.24) is 68.5 Å². The molecule has 0 aliphatic carbocycles.